The molecule has 2 aromatic carbocycles. The smallest absolute Gasteiger partial charge is 0.434 e. The third-order valence-corrected chi connectivity index (χ3v) is 6.37. The molecule has 0 atom stereocenters. The first-order chi connectivity index (χ1) is 18.4. The number of carbonyl (C=O) groups is 4. The van der Waals surface area contributed by atoms with Gasteiger partial charge in [0.15, 0.2) is 11.5 Å². The second-order valence-electron chi connectivity index (χ2n) is 8.95. The van der Waals surface area contributed by atoms with Gasteiger partial charge in [-0.15, -0.1) is 0 Å². The largest absolute Gasteiger partial charge is 0.513 e. The molecule has 38 heavy (non-hydrogen) atoms. The highest BCUT2D eigenvalue weighted by molar-refractivity contribution is 6.58. The molecule has 2 aliphatic rings. The molecule has 0 saturated carbocycles. The maximum atomic E-state index is 13.9. The van der Waals surface area contributed by atoms with Crippen LogP contribution < -0.4 is 20.9 Å². The number of fused-ring (bicyclic) bond motifs is 3. The quantitative estimate of drug-likeness (QED) is 0.369. The van der Waals surface area contributed by atoms with Crippen molar-refractivity contribution in [3.05, 3.63) is 68.9 Å². The van der Waals surface area contributed by atoms with Crippen LogP contribution in [0.15, 0.2) is 42.5 Å². The monoisotopic (exact) mass is 518 g/mol. The Bertz CT molecular complexity index is 1550. The average molecular weight is 519 g/mol. The van der Waals surface area contributed by atoms with Crippen LogP contribution in [0.25, 0.3) is 22.7 Å². The molecule has 0 heterocycles. The van der Waals surface area contributed by atoms with Gasteiger partial charge < -0.3 is 18.9 Å². The number of Topliss-reactive ketones (excluding diaryl/α,β-unsaturated/α-hetero) is 2. The highest BCUT2D eigenvalue weighted by Gasteiger charge is 2.37. The first kappa shape index (κ1) is 26.9. The van der Waals surface area contributed by atoms with Crippen molar-refractivity contribution in [2.75, 3.05) is 13.2 Å². The van der Waals surface area contributed by atoms with Crippen LogP contribution in [0.4, 0.5) is 9.59 Å². The van der Waals surface area contributed by atoms with Crippen molar-refractivity contribution in [2.45, 2.75) is 52.9 Å². The lowest BCUT2D eigenvalue weighted by Gasteiger charge is -2.22. The molecule has 0 saturated heterocycles. The molecule has 198 valence electrons. The fourth-order valence-electron chi connectivity index (χ4n) is 4.36. The number of rotatable bonds is 9. The normalized spacial score (nSPS) is 14.0. The van der Waals surface area contributed by atoms with Gasteiger partial charge in [0, 0.05) is 21.6 Å². The SMILES string of the molecule is CCCCOC(=O)OC1=c2ccccc2=C2C(=O)C(OC(=O)OCCCC)=c3cc(CC)ccc3=C2C1=O. The van der Waals surface area contributed by atoms with Gasteiger partial charge >= 0.3 is 12.3 Å². The van der Waals surface area contributed by atoms with Crippen molar-refractivity contribution in [3.63, 3.8) is 0 Å². The lowest BCUT2D eigenvalue weighted by Crippen LogP contribution is -2.48. The summed E-state index contributed by atoms with van der Waals surface area (Å²) in [4.78, 5) is 52.6. The standard InChI is InChI=1S/C30H30O8/c1-4-7-15-35-29(33)37-27-21-12-10-9-11-19(21)23-24(25(27)31)20-14-13-18(6-3)17-22(20)28(26(23)32)38-30(34)36-16-8-5-2/h9-14,17H,4-8,15-16H2,1-3H3. The number of hydrogen-bond donors (Lipinski definition) is 0. The van der Waals surface area contributed by atoms with Crippen molar-refractivity contribution in [1.82, 2.24) is 0 Å². The van der Waals surface area contributed by atoms with E-state index in [2.05, 4.69) is 0 Å². The molecule has 0 aliphatic heterocycles. The van der Waals surface area contributed by atoms with Crippen molar-refractivity contribution in [1.29, 1.82) is 0 Å². The summed E-state index contributed by atoms with van der Waals surface area (Å²) in [5.41, 5.74) is 1.03. The van der Waals surface area contributed by atoms with Crippen LogP contribution in [0.3, 0.4) is 0 Å². The lowest BCUT2D eigenvalue weighted by atomic mass is 9.83. The summed E-state index contributed by atoms with van der Waals surface area (Å²) in [6, 6.07) is 11.9. The number of ether oxygens (including phenoxy) is 4. The highest BCUT2D eigenvalue weighted by Crippen LogP contribution is 2.26. The summed E-state index contributed by atoms with van der Waals surface area (Å²) in [5.74, 6) is -1.68. The number of aryl methyl sites for hydroxylation is 1. The van der Waals surface area contributed by atoms with E-state index < -0.39 is 23.9 Å². The van der Waals surface area contributed by atoms with Crippen molar-refractivity contribution < 1.29 is 38.1 Å². The van der Waals surface area contributed by atoms with Crippen LogP contribution >= 0.6 is 0 Å². The fourth-order valence-corrected chi connectivity index (χ4v) is 4.36. The highest BCUT2D eigenvalue weighted by atomic mass is 16.7. The molecule has 0 unspecified atom stereocenters. The van der Waals surface area contributed by atoms with E-state index in [1.165, 1.54) is 0 Å². The molecular formula is C30H30O8. The molecule has 8 nitrogen and oxygen atoms in total. The Balaban J connectivity index is 1.93. The van der Waals surface area contributed by atoms with Crippen LogP contribution in [0.5, 0.6) is 0 Å². The molecule has 0 radical (unpaired) electrons. The summed E-state index contributed by atoms with van der Waals surface area (Å²) in [5, 5.41) is 1.36. The third-order valence-electron chi connectivity index (χ3n) is 6.37. The average Bonchev–Trinajstić information content (AvgIpc) is 2.92. The second-order valence-corrected chi connectivity index (χ2v) is 8.95. The van der Waals surface area contributed by atoms with Gasteiger partial charge in [-0.25, -0.2) is 9.59 Å². The third kappa shape index (κ3) is 5.25. The molecule has 8 heteroatoms. The summed E-state index contributed by atoms with van der Waals surface area (Å²) in [7, 11) is 0. The molecule has 2 aliphatic carbocycles. The molecule has 2 aromatic rings. The second kappa shape index (κ2) is 11.9. The predicted molar refractivity (Wildman–Crippen MR) is 139 cm³/mol. The molecule has 4 rings (SSSR count). The van der Waals surface area contributed by atoms with Gasteiger partial charge in [-0.05, 0) is 41.3 Å². The van der Waals surface area contributed by atoms with Gasteiger partial charge in [0.25, 0.3) is 0 Å². The van der Waals surface area contributed by atoms with E-state index in [4.69, 9.17) is 18.9 Å². The Morgan fingerprint density at radius 1 is 0.658 bits per heavy atom. The zero-order valence-electron chi connectivity index (χ0n) is 21.8. The van der Waals surface area contributed by atoms with E-state index in [0.29, 0.717) is 34.9 Å². The van der Waals surface area contributed by atoms with E-state index in [1.807, 2.05) is 26.8 Å². The Morgan fingerprint density at radius 3 is 1.68 bits per heavy atom. The minimum absolute atomic E-state index is 0.0745. The zero-order valence-corrected chi connectivity index (χ0v) is 21.8. The number of ketones is 2. The lowest BCUT2D eigenvalue weighted by molar-refractivity contribution is -0.112. The van der Waals surface area contributed by atoms with Crippen LogP contribution in [-0.2, 0) is 35.0 Å². The van der Waals surface area contributed by atoms with E-state index in [0.717, 1.165) is 18.4 Å². The van der Waals surface area contributed by atoms with Gasteiger partial charge in [0.2, 0.25) is 11.6 Å². The van der Waals surface area contributed by atoms with Crippen molar-refractivity contribution >= 4 is 46.5 Å². The Labute approximate surface area is 219 Å². The van der Waals surface area contributed by atoms with Gasteiger partial charge in [0.05, 0.1) is 13.2 Å². The fraction of sp³-hybridized carbons (Fsp3) is 0.333. The van der Waals surface area contributed by atoms with Gasteiger partial charge in [-0.3, -0.25) is 9.59 Å². The van der Waals surface area contributed by atoms with Gasteiger partial charge in [0.1, 0.15) is 0 Å². The van der Waals surface area contributed by atoms with E-state index in [1.54, 1.807) is 36.4 Å². The summed E-state index contributed by atoms with van der Waals surface area (Å²) in [6.07, 6.45) is 1.65. The Morgan fingerprint density at radius 2 is 1.16 bits per heavy atom. The number of carbonyl (C=O) groups excluding carboxylic acids is 4. The number of unbranched alkanes of at least 4 members (excludes halogenated alkanes) is 2. The molecule has 0 N–H and O–H groups in total. The molecule has 0 aromatic heterocycles. The van der Waals surface area contributed by atoms with Gasteiger partial charge in [-0.1, -0.05) is 70.0 Å². The minimum Gasteiger partial charge on any atom is -0.434 e. The van der Waals surface area contributed by atoms with E-state index in [9.17, 15) is 19.2 Å². The van der Waals surface area contributed by atoms with Crippen LogP contribution in [0.2, 0.25) is 0 Å². The minimum atomic E-state index is -0.991. The Kier molecular flexibility index (Phi) is 8.41. The van der Waals surface area contributed by atoms with Crippen LogP contribution in [-0.4, -0.2) is 37.1 Å². The maximum Gasteiger partial charge on any atom is 0.513 e. The zero-order chi connectivity index (χ0) is 27.2. The maximum absolute atomic E-state index is 13.9. The number of benzene rings is 2. The summed E-state index contributed by atoms with van der Waals surface area (Å²) >= 11 is 0. The van der Waals surface area contributed by atoms with Crippen molar-refractivity contribution in [3.8, 4) is 0 Å². The summed E-state index contributed by atoms with van der Waals surface area (Å²) in [6.45, 7) is 6.19. The van der Waals surface area contributed by atoms with Crippen LogP contribution in [0, 0.1) is 0 Å². The van der Waals surface area contributed by atoms with E-state index in [-0.39, 0.29) is 41.1 Å². The molecule has 0 spiro atoms. The Hall–Kier alpha value is -4.20. The summed E-state index contributed by atoms with van der Waals surface area (Å²) < 4.78 is 21.1. The van der Waals surface area contributed by atoms with Crippen molar-refractivity contribution in [2.24, 2.45) is 0 Å². The first-order valence-corrected chi connectivity index (χ1v) is 12.9. The molecular weight excluding hydrogens is 488 g/mol. The van der Waals surface area contributed by atoms with E-state index >= 15 is 0 Å². The molecule has 0 fully saturated rings. The predicted octanol–water partition coefficient (Wildman–Crippen LogP) is 2.54. The van der Waals surface area contributed by atoms with Gasteiger partial charge in [-0.2, -0.15) is 0 Å². The molecule has 0 amide bonds. The topological polar surface area (TPSA) is 105 Å². The number of hydrogen-bond acceptors (Lipinski definition) is 8. The van der Waals surface area contributed by atoms with Crippen LogP contribution in [0.1, 0.15) is 52.0 Å². The first-order valence-electron chi connectivity index (χ1n) is 12.9. The molecule has 0 bridgehead atoms.